The number of nitrogens with zero attached hydrogens (tertiary/aromatic N) is 7. The van der Waals surface area contributed by atoms with E-state index in [9.17, 15) is 0 Å². The van der Waals surface area contributed by atoms with E-state index >= 15 is 0 Å². The smallest absolute Gasteiger partial charge is 0.214 e. The third-order valence-electron chi connectivity index (χ3n) is 8.13. The van der Waals surface area contributed by atoms with Crippen LogP contribution >= 0.6 is 0 Å². The summed E-state index contributed by atoms with van der Waals surface area (Å²) in [6.07, 6.45) is 1.30. The maximum absolute atomic E-state index is 7.28. The Morgan fingerprint density at radius 3 is 2.22 bits per heavy atom. The maximum Gasteiger partial charge on any atom is 0.214 e. The van der Waals surface area contributed by atoms with Crippen LogP contribution in [0.3, 0.4) is 0 Å². The molecule has 9 heteroatoms. The normalized spacial score (nSPS) is 13.6. The predicted octanol–water partition coefficient (Wildman–Crippen LogP) is 9.38. The first-order chi connectivity index (χ1) is 25.7. The van der Waals surface area contributed by atoms with Crippen molar-refractivity contribution in [3.63, 3.8) is 0 Å². The van der Waals surface area contributed by atoms with Gasteiger partial charge in [0.25, 0.3) is 0 Å². The van der Waals surface area contributed by atoms with Gasteiger partial charge < -0.3 is 14.0 Å². The van der Waals surface area contributed by atoms with Crippen LogP contribution in [0.5, 0.6) is 0 Å². The molecule has 0 aliphatic rings. The van der Waals surface area contributed by atoms with Gasteiger partial charge in [0.2, 0.25) is 11.3 Å². The summed E-state index contributed by atoms with van der Waals surface area (Å²) in [6.45, 7) is 4.44. The van der Waals surface area contributed by atoms with Gasteiger partial charge in [0.1, 0.15) is 5.58 Å². The standard InChI is InChI=1S/C27H23N6O.C13H12N.Ir/c1-15(2)17-10-7-11-18(16(3)4)23(17)33-26(28-25-27(33)30-32-31-29-25)21-13-8-12-20-19-9-5-6-14-22(19)34-24(20)21;1-10-3-6-12(7-4-10)13-8-5-11(2)9-14-13;/h5-12,14-16H,1-4H3;3-6,8-9H,1-2H3;/q2*-1;/i;1D3,2D3;. The Bertz CT molecular complexity index is 2520. The Morgan fingerprint density at radius 2 is 1.53 bits per heavy atom. The van der Waals surface area contributed by atoms with Crippen LogP contribution in [0.1, 0.15) is 70.0 Å². The second-order valence-corrected chi connectivity index (χ2v) is 12.0. The van der Waals surface area contributed by atoms with Crippen molar-refractivity contribution < 1.29 is 32.7 Å². The molecule has 1 radical (unpaired) electrons. The van der Waals surface area contributed by atoms with Crippen molar-refractivity contribution in [3.8, 4) is 28.3 Å². The molecule has 0 aliphatic heterocycles. The minimum Gasteiger partial charge on any atom is -0.501 e. The van der Waals surface area contributed by atoms with Gasteiger partial charge in [-0.05, 0) is 57.6 Å². The fourth-order valence-electron chi connectivity index (χ4n) is 5.83. The third-order valence-corrected chi connectivity index (χ3v) is 8.13. The summed E-state index contributed by atoms with van der Waals surface area (Å²) in [4.78, 5) is 8.95. The summed E-state index contributed by atoms with van der Waals surface area (Å²) in [5, 5.41) is 18.2. The first-order valence-corrected chi connectivity index (χ1v) is 15.6. The fourth-order valence-corrected chi connectivity index (χ4v) is 5.83. The van der Waals surface area contributed by atoms with Crippen molar-refractivity contribution in [2.45, 2.75) is 53.2 Å². The van der Waals surface area contributed by atoms with Crippen molar-refractivity contribution in [1.29, 1.82) is 0 Å². The number of pyridine rings is 1. The number of aromatic nitrogens is 7. The van der Waals surface area contributed by atoms with Gasteiger partial charge in [0.15, 0.2) is 0 Å². The molecular weight excluding hydrogens is 787 g/mol. The second-order valence-electron chi connectivity index (χ2n) is 12.0. The average Bonchev–Trinajstić information content (AvgIpc) is 3.73. The SMILES string of the molecule is CC(C)c1cccc(C(C)C)c1-n1c(-c2[c-]ccc3c2oc2ccccc23)nc2nnnnc21.[2H]C([2H])([2H])c1c[c-]c(-c2ccc(C([2H])([2H])[2H])cn2)cc1.[Ir]. The second kappa shape index (κ2) is 14.2. The van der Waals surface area contributed by atoms with Gasteiger partial charge in [-0.2, -0.15) is 0 Å². The number of fused-ring (bicyclic) bond motifs is 4. The third kappa shape index (κ3) is 6.52. The quantitative estimate of drug-likeness (QED) is 0.160. The largest absolute Gasteiger partial charge is 0.501 e. The summed E-state index contributed by atoms with van der Waals surface area (Å²) in [6, 6.07) is 32.2. The molecule has 0 saturated carbocycles. The van der Waals surface area contributed by atoms with Crippen LogP contribution in [0.25, 0.3) is 61.6 Å². The van der Waals surface area contributed by atoms with Crippen LogP contribution in [-0.4, -0.2) is 35.2 Å². The van der Waals surface area contributed by atoms with E-state index in [0.717, 1.165) is 33.2 Å². The van der Waals surface area contributed by atoms with E-state index in [1.54, 1.807) is 12.1 Å². The fraction of sp³-hybridized carbons (Fsp3) is 0.200. The summed E-state index contributed by atoms with van der Waals surface area (Å²) in [7, 11) is 0. The van der Waals surface area contributed by atoms with E-state index in [0.29, 0.717) is 28.4 Å². The molecule has 0 saturated heterocycles. The Hall–Kier alpha value is -5.11. The molecule has 4 heterocycles. The minimum absolute atomic E-state index is 0. The number of rotatable bonds is 5. The van der Waals surface area contributed by atoms with E-state index in [1.807, 2.05) is 30.3 Å². The van der Waals surface area contributed by atoms with E-state index in [2.05, 4.69) is 94.3 Å². The molecule has 0 bridgehead atoms. The molecule has 8 aromatic rings. The summed E-state index contributed by atoms with van der Waals surface area (Å²) >= 11 is 0. The van der Waals surface area contributed by atoms with Crippen molar-refractivity contribution in [1.82, 2.24) is 35.2 Å². The van der Waals surface area contributed by atoms with Gasteiger partial charge in [-0.25, -0.2) is 0 Å². The predicted molar refractivity (Wildman–Crippen MR) is 190 cm³/mol. The van der Waals surface area contributed by atoms with Gasteiger partial charge in [0, 0.05) is 45.6 Å². The van der Waals surface area contributed by atoms with Gasteiger partial charge in [-0.15, -0.1) is 63.8 Å². The zero-order valence-electron chi connectivity index (χ0n) is 33.2. The molecule has 0 atom stereocenters. The van der Waals surface area contributed by atoms with Crippen molar-refractivity contribution in [2.24, 2.45) is 0 Å². The molecule has 8 rings (SSSR count). The van der Waals surface area contributed by atoms with Crippen LogP contribution < -0.4 is 0 Å². The molecular formula is C40H35IrN7O-2. The van der Waals surface area contributed by atoms with Crippen molar-refractivity contribution >= 4 is 33.2 Å². The van der Waals surface area contributed by atoms with Gasteiger partial charge in [-0.1, -0.05) is 94.0 Å². The van der Waals surface area contributed by atoms with Crippen molar-refractivity contribution in [3.05, 3.63) is 126 Å². The molecule has 8 nitrogen and oxygen atoms in total. The summed E-state index contributed by atoms with van der Waals surface area (Å²) < 4.78 is 52.0. The molecule has 4 aromatic carbocycles. The number of imidazole rings is 1. The van der Waals surface area contributed by atoms with Crippen LogP contribution in [-0.2, 0) is 20.1 Å². The van der Waals surface area contributed by atoms with E-state index < -0.39 is 13.7 Å². The molecule has 49 heavy (non-hydrogen) atoms. The number of hydrogen-bond donors (Lipinski definition) is 0. The molecule has 0 N–H and O–H groups in total. The first kappa shape index (κ1) is 26.8. The summed E-state index contributed by atoms with van der Waals surface area (Å²) in [5.41, 5.74) is 8.28. The van der Waals surface area contributed by atoms with Crippen LogP contribution in [0.2, 0.25) is 0 Å². The Labute approximate surface area is 307 Å². The monoisotopic (exact) mass is 828 g/mol. The Kier molecular flexibility index (Phi) is 7.75. The maximum atomic E-state index is 7.28. The van der Waals surface area contributed by atoms with E-state index in [1.165, 1.54) is 35.5 Å². The minimum atomic E-state index is -2.18. The van der Waals surface area contributed by atoms with Crippen LogP contribution in [0.15, 0.2) is 95.5 Å². The van der Waals surface area contributed by atoms with Gasteiger partial charge in [-0.3, -0.25) is 4.98 Å². The zero-order chi connectivity index (χ0) is 38.4. The number of hydrogen-bond acceptors (Lipinski definition) is 7. The number of para-hydroxylation sites is 2. The van der Waals surface area contributed by atoms with E-state index in [-0.39, 0.29) is 43.1 Å². The molecule has 0 spiro atoms. The Balaban J connectivity index is 0.000000211. The van der Waals surface area contributed by atoms with Crippen molar-refractivity contribution in [2.75, 3.05) is 0 Å². The topological polar surface area (TPSA) is 95.4 Å². The first-order valence-electron chi connectivity index (χ1n) is 18.6. The zero-order valence-corrected chi connectivity index (χ0v) is 29.6. The average molecular weight is 828 g/mol. The number of furan rings is 1. The number of aryl methyl sites for hydroxylation is 2. The molecule has 247 valence electrons. The molecule has 0 unspecified atom stereocenters. The molecule has 0 fully saturated rings. The Morgan fingerprint density at radius 1 is 0.776 bits per heavy atom. The molecule has 0 amide bonds. The van der Waals surface area contributed by atoms with Gasteiger partial charge in [0.05, 0.1) is 11.4 Å². The summed E-state index contributed by atoms with van der Waals surface area (Å²) in [5.74, 6) is 1.23. The van der Waals surface area contributed by atoms with Gasteiger partial charge >= 0.3 is 0 Å². The number of benzene rings is 4. The molecule has 4 aromatic heterocycles. The van der Waals surface area contributed by atoms with Crippen LogP contribution in [0.4, 0.5) is 0 Å². The van der Waals surface area contributed by atoms with E-state index in [4.69, 9.17) is 17.6 Å². The van der Waals surface area contributed by atoms with Crippen LogP contribution in [0, 0.1) is 25.8 Å². The molecule has 0 aliphatic carbocycles.